The summed E-state index contributed by atoms with van der Waals surface area (Å²) in [5, 5.41) is 9.56. The number of aldehydes is 1. The molecule has 17 heavy (non-hydrogen) atoms. The van der Waals surface area contributed by atoms with Gasteiger partial charge in [0.25, 0.3) is 0 Å². The average molecular weight is 294 g/mol. The van der Waals surface area contributed by atoms with Crippen LogP contribution in [0.2, 0.25) is 0 Å². The standard InChI is InChI=1S/C14H16BrNO/c1-11(2)14(10-16,8-5-9-17)12-6-3-4-7-13(12)15/h3-4,6-7,9,11H,5,8H2,1-2H3. The van der Waals surface area contributed by atoms with Crippen LogP contribution in [-0.2, 0) is 10.2 Å². The fourth-order valence-corrected chi connectivity index (χ4v) is 2.73. The highest BCUT2D eigenvalue weighted by molar-refractivity contribution is 9.10. The van der Waals surface area contributed by atoms with Crippen molar-refractivity contribution in [3.8, 4) is 6.07 Å². The van der Waals surface area contributed by atoms with Gasteiger partial charge in [0.2, 0.25) is 0 Å². The van der Waals surface area contributed by atoms with Gasteiger partial charge in [-0.3, -0.25) is 0 Å². The van der Waals surface area contributed by atoms with E-state index in [0.29, 0.717) is 12.8 Å². The molecule has 0 saturated carbocycles. The largest absolute Gasteiger partial charge is 0.303 e. The fourth-order valence-electron chi connectivity index (χ4n) is 2.09. The predicted octanol–water partition coefficient (Wildman–Crippen LogP) is 3.85. The number of nitriles is 1. The van der Waals surface area contributed by atoms with E-state index < -0.39 is 5.41 Å². The van der Waals surface area contributed by atoms with E-state index in [1.165, 1.54) is 0 Å². The van der Waals surface area contributed by atoms with Gasteiger partial charge in [-0.2, -0.15) is 5.26 Å². The minimum absolute atomic E-state index is 0.158. The van der Waals surface area contributed by atoms with Gasteiger partial charge in [0, 0.05) is 10.9 Å². The molecule has 0 aliphatic rings. The Morgan fingerprint density at radius 1 is 1.47 bits per heavy atom. The van der Waals surface area contributed by atoms with Crippen LogP contribution in [0.15, 0.2) is 28.7 Å². The lowest BCUT2D eigenvalue weighted by Gasteiger charge is -2.31. The van der Waals surface area contributed by atoms with Crippen molar-refractivity contribution in [2.75, 3.05) is 0 Å². The topological polar surface area (TPSA) is 40.9 Å². The van der Waals surface area contributed by atoms with Crippen LogP contribution in [0.1, 0.15) is 32.3 Å². The lowest BCUT2D eigenvalue weighted by atomic mass is 9.70. The Balaban J connectivity index is 3.28. The first-order chi connectivity index (χ1) is 8.08. The molecule has 0 spiro atoms. The Labute approximate surface area is 111 Å². The maximum Gasteiger partial charge on any atom is 0.120 e. The lowest BCUT2D eigenvalue weighted by Crippen LogP contribution is -2.31. The van der Waals surface area contributed by atoms with Gasteiger partial charge in [0.1, 0.15) is 6.29 Å². The van der Waals surface area contributed by atoms with Gasteiger partial charge >= 0.3 is 0 Å². The van der Waals surface area contributed by atoms with Crippen molar-refractivity contribution in [3.63, 3.8) is 0 Å². The zero-order valence-electron chi connectivity index (χ0n) is 10.1. The molecule has 1 aromatic rings. The summed E-state index contributed by atoms with van der Waals surface area (Å²) in [5.74, 6) is 0.158. The first kappa shape index (κ1) is 13.9. The number of carbonyl (C=O) groups is 1. The molecule has 1 unspecified atom stereocenters. The van der Waals surface area contributed by atoms with Crippen LogP contribution in [-0.4, -0.2) is 6.29 Å². The van der Waals surface area contributed by atoms with Crippen LogP contribution in [0, 0.1) is 17.2 Å². The molecule has 1 rings (SSSR count). The van der Waals surface area contributed by atoms with Crippen LogP contribution in [0.25, 0.3) is 0 Å². The maximum atomic E-state index is 10.6. The van der Waals surface area contributed by atoms with E-state index in [-0.39, 0.29) is 5.92 Å². The Hall–Kier alpha value is -1.14. The normalized spacial score (nSPS) is 14.1. The number of benzene rings is 1. The second-order valence-corrected chi connectivity index (χ2v) is 5.28. The van der Waals surface area contributed by atoms with Crippen molar-refractivity contribution in [1.82, 2.24) is 0 Å². The number of hydrogen-bond acceptors (Lipinski definition) is 2. The van der Waals surface area contributed by atoms with Crippen molar-refractivity contribution in [2.45, 2.75) is 32.1 Å². The summed E-state index contributed by atoms with van der Waals surface area (Å²) >= 11 is 3.49. The molecular weight excluding hydrogens is 278 g/mol. The number of carbonyl (C=O) groups excluding carboxylic acids is 1. The monoisotopic (exact) mass is 293 g/mol. The summed E-state index contributed by atoms with van der Waals surface area (Å²) < 4.78 is 0.932. The molecule has 0 amide bonds. The zero-order chi connectivity index (χ0) is 12.9. The molecule has 0 aliphatic heterocycles. The quantitative estimate of drug-likeness (QED) is 0.774. The van der Waals surface area contributed by atoms with Gasteiger partial charge in [0.05, 0.1) is 11.5 Å². The second kappa shape index (κ2) is 5.97. The molecule has 1 aromatic carbocycles. The SMILES string of the molecule is CC(C)C(C#N)(CCC=O)c1ccccc1Br. The third-order valence-corrected chi connectivity index (χ3v) is 3.89. The Morgan fingerprint density at radius 3 is 2.59 bits per heavy atom. The molecule has 0 aliphatic carbocycles. The summed E-state index contributed by atoms with van der Waals surface area (Å²) in [5.41, 5.74) is 0.375. The molecule has 3 heteroatoms. The molecule has 0 heterocycles. The Kier molecular flexibility index (Phi) is 4.89. The summed E-state index contributed by atoms with van der Waals surface area (Å²) in [7, 11) is 0. The Morgan fingerprint density at radius 2 is 2.12 bits per heavy atom. The summed E-state index contributed by atoms with van der Waals surface area (Å²) in [4.78, 5) is 10.6. The molecule has 0 aromatic heterocycles. The van der Waals surface area contributed by atoms with Crippen LogP contribution >= 0.6 is 15.9 Å². The van der Waals surface area contributed by atoms with Crippen molar-refractivity contribution >= 4 is 22.2 Å². The zero-order valence-corrected chi connectivity index (χ0v) is 11.7. The smallest absolute Gasteiger partial charge is 0.120 e. The summed E-state index contributed by atoms with van der Waals surface area (Å²) in [6.07, 6.45) is 1.85. The van der Waals surface area contributed by atoms with Gasteiger partial charge in [-0.1, -0.05) is 48.0 Å². The van der Waals surface area contributed by atoms with E-state index in [1.54, 1.807) is 0 Å². The van der Waals surface area contributed by atoms with Gasteiger partial charge < -0.3 is 4.79 Å². The molecule has 0 N–H and O–H groups in total. The van der Waals surface area contributed by atoms with Crippen LogP contribution in [0.4, 0.5) is 0 Å². The van der Waals surface area contributed by atoms with Crippen molar-refractivity contribution in [2.24, 2.45) is 5.92 Å². The highest BCUT2D eigenvalue weighted by Crippen LogP contribution is 2.39. The fraction of sp³-hybridized carbons (Fsp3) is 0.429. The number of hydrogen-bond donors (Lipinski definition) is 0. The summed E-state index contributed by atoms with van der Waals surface area (Å²) in [6.45, 7) is 4.04. The maximum absolute atomic E-state index is 10.6. The molecule has 90 valence electrons. The molecule has 0 saturated heterocycles. The van der Waals surface area contributed by atoms with Gasteiger partial charge in [-0.05, 0) is 24.0 Å². The third-order valence-electron chi connectivity index (χ3n) is 3.20. The van der Waals surface area contributed by atoms with Crippen molar-refractivity contribution < 1.29 is 4.79 Å². The van der Waals surface area contributed by atoms with E-state index in [2.05, 4.69) is 22.0 Å². The molecule has 0 bridgehead atoms. The molecule has 0 radical (unpaired) electrons. The second-order valence-electron chi connectivity index (χ2n) is 4.42. The van der Waals surface area contributed by atoms with Crippen molar-refractivity contribution in [3.05, 3.63) is 34.3 Å². The molecule has 2 nitrogen and oxygen atoms in total. The molecule has 1 atom stereocenters. The van der Waals surface area contributed by atoms with Crippen LogP contribution in [0.3, 0.4) is 0 Å². The first-order valence-corrected chi connectivity index (χ1v) is 6.47. The van der Waals surface area contributed by atoms with Crippen molar-refractivity contribution in [1.29, 1.82) is 5.26 Å². The molecular formula is C14H16BrNO. The van der Waals surface area contributed by atoms with Crippen LogP contribution in [0.5, 0.6) is 0 Å². The van der Waals surface area contributed by atoms with Crippen LogP contribution < -0.4 is 0 Å². The van der Waals surface area contributed by atoms with E-state index in [4.69, 9.17) is 0 Å². The first-order valence-electron chi connectivity index (χ1n) is 5.68. The molecule has 0 fully saturated rings. The predicted molar refractivity (Wildman–Crippen MR) is 71.6 cm³/mol. The Bertz CT molecular complexity index is 436. The van der Waals surface area contributed by atoms with Gasteiger partial charge in [0.15, 0.2) is 0 Å². The van der Waals surface area contributed by atoms with Gasteiger partial charge in [-0.15, -0.1) is 0 Å². The van der Waals surface area contributed by atoms with Gasteiger partial charge in [-0.25, -0.2) is 0 Å². The van der Waals surface area contributed by atoms with E-state index in [9.17, 15) is 10.1 Å². The highest BCUT2D eigenvalue weighted by Gasteiger charge is 2.36. The third kappa shape index (κ3) is 2.76. The lowest BCUT2D eigenvalue weighted by molar-refractivity contribution is -0.108. The number of rotatable bonds is 5. The average Bonchev–Trinajstić information content (AvgIpc) is 2.32. The summed E-state index contributed by atoms with van der Waals surface area (Å²) in [6, 6.07) is 10.2. The number of halogens is 1. The highest BCUT2D eigenvalue weighted by atomic mass is 79.9. The minimum Gasteiger partial charge on any atom is -0.303 e. The van der Waals surface area contributed by atoms with E-state index >= 15 is 0 Å². The van der Waals surface area contributed by atoms with E-state index in [1.807, 2.05) is 38.1 Å². The minimum atomic E-state index is -0.596. The van der Waals surface area contributed by atoms with E-state index in [0.717, 1.165) is 16.3 Å². The number of nitrogens with zero attached hydrogens (tertiary/aromatic N) is 1.